The van der Waals surface area contributed by atoms with Crippen LogP contribution in [0, 0.1) is 11.7 Å². The molecule has 1 aromatic heterocycles. The first-order chi connectivity index (χ1) is 17.6. The topological polar surface area (TPSA) is 84.9 Å². The lowest BCUT2D eigenvalue weighted by molar-refractivity contribution is -0.125. The van der Waals surface area contributed by atoms with E-state index in [2.05, 4.69) is 30.2 Å². The molecular formula is C25H34FN7O2S. The largest absolute Gasteiger partial charge is 0.369 e. The minimum Gasteiger partial charge on any atom is -0.369 e. The van der Waals surface area contributed by atoms with Crippen LogP contribution in [0.5, 0.6) is 0 Å². The van der Waals surface area contributed by atoms with Crippen molar-refractivity contribution in [3.63, 3.8) is 0 Å². The van der Waals surface area contributed by atoms with Gasteiger partial charge in [0.1, 0.15) is 5.82 Å². The second kappa shape index (κ2) is 11.5. The number of nitrogens with zero attached hydrogens (tertiary/aromatic N) is 6. The molecule has 3 aliphatic rings. The number of rotatable bonds is 8. The van der Waals surface area contributed by atoms with Crippen molar-refractivity contribution in [3.05, 3.63) is 30.1 Å². The number of hydrogen-bond acceptors (Lipinski definition) is 8. The van der Waals surface area contributed by atoms with Gasteiger partial charge in [0.05, 0.1) is 0 Å². The quantitative estimate of drug-likeness (QED) is 0.541. The van der Waals surface area contributed by atoms with E-state index >= 15 is 0 Å². The summed E-state index contributed by atoms with van der Waals surface area (Å²) < 4.78 is 13.1. The van der Waals surface area contributed by atoms with Crippen molar-refractivity contribution in [1.82, 2.24) is 20.4 Å². The number of amides is 2. The highest BCUT2D eigenvalue weighted by molar-refractivity contribution is 7.19. The summed E-state index contributed by atoms with van der Waals surface area (Å²) in [5, 5.41) is 13.2. The first-order valence-corrected chi connectivity index (χ1v) is 13.8. The van der Waals surface area contributed by atoms with Crippen molar-refractivity contribution in [3.8, 4) is 0 Å². The van der Waals surface area contributed by atoms with Crippen molar-refractivity contribution in [2.75, 3.05) is 73.6 Å². The van der Waals surface area contributed by atoms with Crippen molar-refractivity contribution in [2.45, 2.75) is 32.1 Å². The van der Waals surface area contributed by atoms with Crippen LogP contribution in [-0.4, -0.2) is 85.8 Å². The zero-order valence-electron chi connectivity index (χ0n) is 20.6. The lowest BCUT2D eigenvalue weighted by Gasteiger charge is -2.36. The maximum Gasteiger partial charge on any atom is 0.228 e. The molecule has 9 nitrogen and oxygen atoms in total. The third-order valence-corrected chi connectivity index (χ3v) is 8.37. The Morgan fingerprint density at radius 2 is 1.69 bits per heavy atom. The highest BCUT2D eigenvalue weighted by Gasteiger charge is 2.29. The van der Waals surface area contributed by atoms with Gasteiger partial charge in [0.25, 0.3) is 0 Å². The number of carbonyl (C=O) groups is 2. The molecule has 2 aromatic rings. The molecule has 3 saturated heterocycles. The Hall–Kier alpha value is -2.79. The third-order valence-electron chi connectivity index (χ3n) is 7.36. The minimum atomic E-state index is -0.202. The van der Waals surface area contributed by atoms with Crippen LogP contribution >= 0.6 is 11.3 Å². The molecule has 4 heterocycles. The van der Waals surface area contributed by atoms with E-state index in [0.717, 1.165) is 88.9 Å². The Morgan fingerprint density at radius 1 is 0.972 bits per heavy atom. The van der Waals surface area contributed by atoms with Gasteiger partial charge in [-0.1, -0.05) is 11.3 Å². The van der Waals surface area contributed by atoms with E-state index in [9.17, 15) is 14.0 Å². The highest BCUT2D eigenvalue weighted by Crippen LogP contribution is 2.32. The second-order valence-electron chi connectivity index (χ2n) is 9.73. The standard InChI is InChI=1S/C25H34FN7O2S/c26-20-4-6-21(7-5-20)31-17-15-30(16-18-31)11-2-10-27-23(35)19-8-13-32(14-9-19)24-28-29-25(36-24)33-12-1-3-22(33)34/h4-7,19H,1-3,8-18H2,(H,27,35). The van der Waals surface area contributed by atoms with Gasteiger partial charge >= 0.3 is 0 Å². The van der Waals surface area contributed by atoms with Gasteiger partial charge in [0, 0.05) is 70.4 Å². The summed E-state index contributed by atoms with van der Waals surface area (Å²) in [7, 11) is 0. The molecule has 0 spiro atoms. The number of aromatic nitrogens is 2. The molecule has 0 saturated carbocycles. The van der Waals surface area contributed by atoms with Gasteiger partial charge in [-0.25, -0.2) is 4.39 Å². The SMILES string of the molecule is O=C(NCCCN1CCN(c2ccc(F)cc2)CC1)C1CCN(c2nnc(N3CCCC3=O)s2)CC1. The van der Waals surface area contributed by atoms with Gasteiger partial charge in [-0.15, -0.1) is 10.2 Å². The summed E-state index contributed by atoms with van der Waals surface area (Å²) in [4.78, 5) is 33.3. The van der Waals surface area contributed by atoms with Gasteiger partial charge in [0.15, 0.2) is 0 Å². The van der Waals surface area contributed by atoms with Crippen LogP contribution in [0.3, 0.4) is 0 Å². The molecule has 0 bridgehead atoms. The fourth-order valence-corrected chi connectivity index (χ4v) is 6.11. The summed E-state index contributed by atoms with van der Waals surface area (Å²) in [6.07, 6.45) is 4.00. The number of piperidine rings is 1. The van der Waals surface area contributed by atoms with Gasteiger partial charge in [-0.2, -0.15) is 0 Å². The number of halogens is 1. The van der Waals surface area contributed by atoms with Gasteiger partial charge in [0.2, 0.25) is 22.1 Å². The summed E-state index contributed by atoms with van der Waals surface area (Å²) >= 11 is 1.47. The van der Waals surface area contributed by atoms with E-state index in [4.69, 9.17) is 0 Å². The van der Waals surface area contributed by atoms with Crippen molar-refractivity contribution in [1.29, 1.82) is 0 Å². The number of carbonyl (C=O) groups excluding carboxylic acids is 2. The van der Waals surface area contributed by atoms with E-state index in [1.807, 2.05) is 12.1 Å². The zero-order chi connectivity index (χ0) is 24.9. The van der Waals surface area contributed by atoms with E-state index in [1.54, 1.807) is 4.90 Å². The van der Waals surface area contributed by atoms with Crippen LogP contribution < -0.4 is 20.0 Å². The molecule has 5 rings (SSSR count). The molecule has 1 aromatic carbocycles. The van der Waals surface area contributed by atoms with E-state index in [-0.39, 0.29) is 23.5 Å². The summed E-state index contributed by atoms with van der Waals surface area (Å²) in [6.45, 7) is 7.75. The summed E-state index contributed by atoms with van der Waals surface area (Å²) in [5.41, 5.74) is 1.07. The minimum absolute atomic E-state index is 0.0352. The number of piperazine rings is 1. The average molecular weight is 516 g/mol. The van der Waals surface area contributed by atoms with Gasteiger partial charge < -0.3 is 15.1 Å². The monoisotopic (exact) mass is 515 g/mol. The van der Waals surface area contributed by atoms with Crippen LogP contribution in [0.1, 0.15) is 32.1 Å². The zero-order valence-corrected chi connectivity index (χ0v) is 21.4. The predicted octanol–water partition coefficient (Wildman–Crippen LogP) is 2.35. The lowest BCUT2D eigenvalue weighted by atomic mass is 9.96. The Balaban J connectivity index is 0.971. The average Bonchev–Trinajstić information content (AvgIpc) is 3.56. The summed E-state index contributed by atoms with van der Waals surface area (Å²) in [5.74, 6) is 0.108. The van der Waals surface area contributed by atoms with Crippen molar-refractivity contribution < 1.29 is 14.0 Å². The molecule has 2 amide bonds. The third kappa shape index (κ3) is 5.95. The molecular weight excluding hydrogens is 481 g/mol. The highest BCUT2D eigenvalue weighted by atomic mass is 32.1. The van der Waals surface area contributed by atoms with E-state index in [0.29, 0.717) is 18.1 Å². The molecule has 3 aliphatic heterocycles. The molecule has 11 heteroatoms. The Kier molecular flexibility index (Phi) is 7.96. The van der Waals surface area contributed by atoms with Crippen LogP contribution in [0.2, 0.25) is 0 Å². The first-order valence-electron chi connectivity index (χ1n) is 13.0. The fourth-order valence-electron chi connectivity index (χ4n) is 5.17. The van der Waals surface area contributed by atoms with Gasteiger partial charge in [-0.05, 0) is 56.5 Å². The Bertz CT molecular complexity index is 1030. The maximum atomic E-state index is 13.1. The van der Waals surface area contributed by atoms with E-state index in [1.165, 1.54) is 23.5 Å². The van der Waals surface area contributed by atoms with Crippen LogP contribution in [0.25, 0.3) is 0 Å². The molecule has 3 fully saturated rings. The smallest absolute Gasteiger partial charge is 0.228 e. The molecule has 0 atom stereocenters. The Labute approximate surface area is 215 Å². The van der Waals surface area contributed by atoms with Crippen LogP contribution in [-0.2, 0) is 9.59 Å². The van der Waals surface area contributed by atoms with Crippen LogP contribution in [0.4, 0.5) is 20.3 Å². The van der Waals surface area contributed by atoms with Crippen molar-refractivity contribution in [2.24, 2.45) is 5.92 Å². The Morgan fingerprint density at radius 3 is 2.39 bits per heavy atom. The van der Waals surface area contributed by atoms with Gasteiger partial charge in [-0.3, -0.25) is 19.4 Å². The lowest BCUT2D eigenvalue weighted by Crippen LogP contribution is -2.47. The number of anilines is 3. The molecule has 194 valence electrons. The second-order valence-corrected chi connectivity index (χ2v) is 10.7. The number of benzene rings is 1. The molecule has 1 N–H and O–H groups in total. The van der Waals surface area contributed by atoms with E-state index < -0.39 is 0 Å². The van der Waals surface area contributed by atoms with Crippen molar-refractivity contribution >= 4 is 39.1 Å². The predicted molar refractivity (Wildman–Crippen MR) is 139 cm³/mol. The number of hydrogen-bond donors (Lipinski definition) is 1. The maximum absolute atomic E-state index is 13.1. The molecule has 0 aliphatic carbocycles. The molecule has 0 unspecified atom stereocenters. The molecule has 36 heavy (non-hydrogen) atoms. The molecule has 0 radical (unpaired) electrons. The first kappa shape index (κ1) is 24.9. The fraction of sp³-hybridized carbons (Fsp3) is 0.600. The van der Waals surface area contributed by atoms with Crippen LogP contribution in [0.15, 0.2) is 24.3 Å². The normalized spacial score (nSPS) is 19.8. The summed E-state index contributed by atoms with van der Waals surface area (Å²) in [6, 6.07) is 6.71. The number of nitrogens with one attached hydrogen (secondary N) is 1.